The van der Waals surface area contributed by atoms with Crippen LogP contribution in [-0.4, -0.2) is 69.2 Å². The Morgan fingerprint density at radius 1 is 0.310 bits per heavy atom. The van der Waals surface area contributed by atoms with Crippen molar-refractivity contribution in [2.45, 2.75) is 0 Å². The summed E-state index contributed by atoms with van der Waals surface area (Å²) in [6, 6.07) is 0. The largest absolute Gasteiger partial charge is 2.00 e. The maximum atomic E-state index is 8.55. The van der Waals surface area contributed by atoms with Crippen LogP contribution in [0.3, 0.4) is 0 Å². The molecule has 0 atom stereocenters. The van der Waals surface area contributed by atoms with Crippen LogP contribution in [0.5, 0.6) is 0 Å². The second-order valence-electron chi connectivity index (χ2n) is 1.79. The topological polar surface area (TPSA) is 345 Å². The molecule has 0 spiro atoms. The zero-order valence-electron chi connectivity index (χ0n) is 14.3. The van der Waals surface area contributed by atoms with Gasteiger partial charge in [0.2, 0.25) is 0 Å². The van der Waals surface area contributed by atoms with Gasteiger partial charge >= 0.3 is 225 Å². The SMILES string of the molecule is O=P([O-])([O-])[O-].O=P([O-])([O-])[O-].O=P([O-])([O-])[O-].O=P([O-])([O-])[O-].[Ag+].[Ag+].[Ag+].[Mg+2].[Mg+2].[Mg+2].[Na+].[Na+].[Na+]. The summed E-state index contributed by atoms with van der Waals surface area (Å²) in [6.07, 6.45) is 0. The van der Waals surface area contributed by atoms with Gasteiger partial charge in [-0.05, 0) is 0 Å². The Hall–Kier alpha value is 7.96. The first-order valence-electron chi connectivity index (χ1n) is 2.92. The van der Waals surface area contributed by atoms with Crippen molar-refractivity contribution in [2.75, 3.05) is 0 Å². The van der Waals surface area contributed by atoms with E-state index in [0.29, 0.717) is 0 Å². The zero-order valence-corrected chi connectivity index (χ0v) is 32.6. The third-order valence-corrected chi connectivity index (χ3v) is 0. The van der Waals surface area contributed by atoms with E-state index < -0.39 is 31.3 Å². The van der Waals surface area contributed by atoms with E-state index in [-0.39, 0.29) is 225 Å². The fourth-order valence-corrected chi connectivity index (χ4v) is 0. The molecule has 0 heterocycles. The molecule has 0 saturated heterocycles. The Labute approximate surface area is 326 Å². The average Bonchev–Trinajstić information content (AvgIpc) is 1.62. The van der Waals surface area contributed by atoms with E-state index in [9.17, 15) is 0 Å². The maximum Gasteiger partial charge on any atom is 2.00 e. The van der Waals surface area contributed by atoms with Gasteiger partial charge < -0.3 is 77.0 Å². The van der Waals surface area contributed by atoms with Crippen molar-refractivity contribution in [2.24, 2.45) is 0 Å². The predicted molar refractivity (Wildman–Crippen MR) is 47.7 cm³/mol. The molecule has 0 aromatic rings. The molecule has 16 nitrogen and oxygen atoms in total. The fourth-order valence-electron chi connectivity index (χ4n) is 0. The minimum absolute atomic E-state index is 0. The number of phosphoric acid groups is 4. The van der Waals surface area contributed by atoms with Gasteiger partial charge in [-0.1, -0.05) is 0 Å². The molecule has 0 rings (SSSR count). The number of hydrogen-bond donors (Lipinski definition) is 0. The molecule has 0 aliphatic rings. The molecule has 158 valence electrons. The van der Waals surface area contributed by atoms with Gasteiger partial charge in [-0.15, -0.1) is 0 Å². The van der Waals surface area contributed by atoms with Gasteiger partial charge in [-0.3, -0.25) is 0 Å². The summed E-state index contributed by atoms with van der Waals surface area (Å²) in [7, 11) is -21.6. The van der Waals surface area contributed by atoms with Crippen molar-refractivity contribution in [3.63, 3.8) is 0 Å². The van der Waals surface area contributed by atoms with Crippen molar-refractivity contribution in [3.05, 3.63) is 0 Å². The van der Waals surface area contributed by atoms with Crippen LogP contribution in [0.4, 0.5) is 0 Å². The normalized spacial score (nSPS) is 8.14. The van der Waals surface area contributed by atoms with E-state index in [0.717, 1.165) is 0 Å². The first-order chi connectivity index (χ1) is 8.00. The van der Waals surface area contributed by atoms with E-state index in [1.165, 1.54) is 0 Å². The van der Waals surface area contributed by atoms with Crippen molar-refractivity contribution in [1.29, 1.82) is 0 Å². The zero-order chi connectivity index (χ0) is 18.0. The minimum atomic E-state index is -5.39. The first-order valence-corrected chi connectivity index (χ1v) is 8.76. The molecule has 0 bridgehead atoms. The van der Waals surface area contributed by atoms with Gasteiger partial charge in [-0.25, -0.2) is 0 Å². The average molecular weight is 845 g/mol. The molecule has 0 aromatic heterocycles. The summed E-state index contributed by atoms with van der Waals surface area (Å²) >= 11 is 0. The summed E-state index contributed by atoms with van der Waals surface area (Å²) in [5, 5.41) is 0. The fraction of sp³-hybridized carbons (Fsp3) is 0. The smallest absolute Gasteiger partial charge is 0.822 e. The molecular formula is Ag3Mg3Na3O16P4. The molecule has 0 radical (unpaired) electrons. The van der Waals surface area contributed by atoms with E-state index in [2.05, 4.69) is 0 Å². The van der Waals surface area contributed by atoms with Crippen LogP contribution in [0.2, 0.25) is 0 Å². The summed E-state index contributed by atoms with van der Waals surface area (Å²) in [6.45, 7) is 0. The Bertz CT molecular complexity index is 319. The van der Waals surface area contributed by atoms with Crippen molar-refractivity contribution in [3.8, 4) is 0 Å². The maximum absolute atomic E-state index is 8.55. The van der Waals surface area contributed by atoms with Gasteiger partial charge in [0.1, 0.15) is 0 Å². The summed E-state index contributed by atoms with van der Waals surface area (Å²) in [5.74, 6) is 0. The second-order valence-corrected chi connectivity index (χ2v) is 5.37. The Balaban J connectivity index is -0.00000000970. The number of hydrogen-bond acceptors (Lipinski definition) is 16. The number of rotatable bonds is 0. The molecule has 0 aromatic carbocycles. The molecular weight excluding hydrogens is 845 g/mol. The molecule has 0 fully saturated rings. The van der Waals surface area contributed by atoms with Crippen LogP contribution in [0.25, 0.3) is 0 Å². The Kier molecular flexibility index (Phi) is 124. The van der Waals surface area contributed by atoms with Crippen molar-refractivity contribution in [1.82, 2.24) is 0 Å². The van der Waals surface area contributed by atoms with Gasteiger partial charge in [0, 0.05) is 0 Å². The third kappa shape index (κ3) is 655. The van der Waals surface area contributed by atoms with Crippen LogP contribution >= 0.6 is 31.3 Å². The van der Waals surface area contributed by atoms with Crippen LogP contribution in [0, 0.1) is 0 Å². The van der Waals surface area contributed by atoms with E-state index >= 15 is 0 Å². The van der Waals surface area contributed by atoms with Crippen LogP contribution in [0.1, 0.15) is 0 Å². The third-order valence-electron chi connectivity index (χ3n) is 0. The quantitative estimate of drug-likeness (QED) is 0.161. The molecule has 0 aliphatic heterocycles. The van der Waals surface area contributed by atoms with Gasteiger partial charge in [0.05, 0.1) is 0 Å². The molecule has 0 N–H and O–H groups in total. The molecule has 0 unspecified atom stereocenters. The van der Waals surface area contributed by atoms with Gasteiger partial charge in [-0.2, -0.15) is 31.3 Å². The standard InChI is InChI=1S/3Ag.3Mg.3Na.4H3O4P/c;;;;;;;;;4*1-5(2,3)4/h;;;;;;;;;4*(H3,1,2,3,4)/q3*+1;3*+2;3*+1;;;;/p-12. The van der Waals surface area contributed by atoms with Gasteiger partial charge in [0.25, 0.3) is 0 Å². The summed E-state index contributed by atoms with van der Waals surface area (Å²) in [5.41, 5.74) is 0. The monoisotopic (exact) mass is 841 g/mol. The Morgan fingerprint density at radius 2 is 0.310 bits per heavy atom. The first kappa shape index (κ1) is 83.3. The molecule has 29 heavy (non-hydrogen) atoms. The minimum Gasteiger partial charge on any atom is -0.822 e. The second kappa shape index (κ2) is 43.0. The Morgan fingerprint density at radius 3 is 0.310 bits per heavy atom. The summed E-state index contributed by atoms with van der Waals surface area (Å²) in [4.78, 5) is 103. The van der Waals surface area contributed by atoms with Crippen LogP contribution in [-0.2, 0) is 85.4 Å². The van der Waals surface area contributed by atoms with E-state index in [1.807, 2.05) is 0 Å². The van der Waals surface area contributed by atoms with E-state index in [4.69, 9.17) is 77.0 Å². The predicted octanol–water partition coefficient (Wildman–Crippen LogP) is -21.4. The van der Waals surface area contributed by atoms with Crippen LogP contribution < -0.4 is 147 Å². The molecule has 29 heteroatoms. The molecule has 0 saturated carbocycles. The van der Waals surface area contributed by atoms with Crippen LogP contribution in [0.15, 0.2) is 0 Å². The molecule has 0 amide bonds. The summed E-state index contributed by atoms with van der Waals surface area (Å²) < 4.78 is 34.2. The van der Waals surface area contributed by atoms with Gasteiger partial charge in [0.15, 0.2) is 0 Å². The van der Waals surface area contributed by atoms with Crippen molar-refractivity contribution >= 4 is 100 Å². The molecule has 0 aliphatic carbocycles. The van der Waals surface area contributed by atoms with Crippen molar-refractivity contribution < 1.29 is 233 Å². The van der Waals surface area contributed by atoms with E-state index in [1.54, 1.807) is 0 Å².